The number of carbonyl (C=O) groups excluding carboxylic acids is 2. The molecule has 1 heterocycles. The predicted molar refractivity (Wildman–Crippen MR) is 112 cm³/mol. The van der Waals surface area contributed by atoms with E-state index in [9.17, 15) is 29.0 Å². The van der Waals surface area contributed by atoms with Gasteiger partial charge < -0.3 is 4.74 Å². The molecular weight excluding hydrogens is 497 g/mol. The predicted octanol–water partition coefficient (Wildman–Crippen LogP) is 7.73. The first-order chi connectivity index (χ1) is 14.7. The van der Waals surface area contributed by atoms with Crippen LogP contribution in [0.2, 0.25) is 5.02 Å². The second kappa shape index (κ2) is 6.32. The molecule has 6 rings (SSSR count). The highest BCUT2D eigenvalue weighted by atomic mass is 35.5. The van der Waals surface area contributed by atoms with Gasteiger partial charge in [0.25, 0.3) is 5.24 Å². The van der Waals surface area contributed by atoms with Crippen LogP contribution < -0.4 is 10.1 Å². The molecule has 2 aromatic rings. The highest BCUT2D eigenvalue weighted by molar-refractivity contribution is 8.45. The molecule has 0 aromatic heterocycles. The molecule has 3 aliphatic carbocycles. The van der Waals surface area contributed by atoms with Crippen molar-refractivity contribution in [2.75, 3.05) is 0 Å². The minimum Gasteiger partial charge on any atom is -0.456 e. The van der Waals surface area contributed by atoms with Gasteiger partial charge in [0.05, 0.1) is 5.02 Å². The number of carbonyl (C=O) groups is 2. The van der Waals surface area contributed by atoms with E-state index in [1.165, 1.54) is 0 Å². The van der Waals surface area contributed by atoms with Crippen molar-refractivity contribution in [1.29, 1.82) is 0 Å². The van der Waals surface area contributed by atoms with Crippen LogP contribution in [0, 0.1) is 5.92 Å². The largest absolute Gasteiger partial charge is 0.456 e. The molecule has 0 spiro atoms. The van der Waals surface area contributed by atoms with E-state index in [4.69, 9.17) is 16.3 Å². The number of hydrogen-bond donors (Lipinski definition) is 1. The number of nitrogens with one attached hydrogen (secondary N) is 1. The number of halogens is 6. The van der Waals surface area contributed by atoms with Gasteiger partial charge in [-0.1, -0.05) is 48.9 Å². The molecule has 2 fully saturated rings. The van der Waals surface area contributed by atoms with E-state index in [1.807, 2.05) is 0 Å². The Morgan fingerprint density at radius 1 is 1.00 bits per heavy atom. The van der Waals surface area contributed by atoms with E-state index < -0.39 is 25.4 Å². The Morgan fingerprint density at radius 2 is 1.72 bits per heavy atom. The van der Waals surface area contributed by atoms with Gasteiger partial charge in [0, 0.05) is 5.92 Å². The van der Waals surface area contributed by atoms with Gasteiger partial charge in [0.2, 0.25) is 5.91 Å². The van der Waals surface area contributed by atoms with Gasteiger partial charge in [-0.05, 0) is 66.1 Å². The lowest BCUT2D eigenvalue weighted by molar-refractivity contribution is -0.119. The van der Waals surface area contributed by atoms with Crippen molar-refractivity contribution in [3.05, 3.63) is 52.5 Å². The lowest BCUT2D eigenvalue weighted by Crippen LogP contribution is -2.41. The summed E-state index contributed by atoms with van der Waals surface area (Å²) in [5.41, 5.74) is 1.89. The fourth-order valence-corrected chi connectivity index (χ4v) is 6.71. The summed E-state index contributed by atoms with van der Waals surface area (Å²) in [5.74, 6) is 0.216. The summed E-state index contributed by atoms with van der Waals surface area (Å²) in [6, 6.07) is 6.28. The Kier molecular flexibility index (Phi) is 4.32. The Morgan fingerprint density at radius 3 is 2.31 bits per heavy atom. The van der Waals surface area contributed by atoms with Gasteiger partial charge in [0.1, 0.15) is 21.6 Å². The van der Waals surface area contributed by atoms with Crippen molar-refractivity contribution in [2.45, 2.75) is 34.8 Å². The van der Waals surface area contributed by atoms with Gasteiger partial charge in [-0.15, -0.1) is 0 Å². The molecule has 4 nitrogen and oxygen atoms in total. The van der Waals surface area contributed by atoms with E-state index in [0.29, 0.717) is 5.92 Å². The smallest absolute Gasteiger partial charge is 0.310 e. The molecule has 1 saturated heterocycles. The summed E-state index contributed by atoms with van der Waals surface area (Å²) < 4.78 is 70.5. The third kappa shape index (κ3) is 3.73. The lowest BCUT2D eigenvalue weighted by Gasteiger charge is -2.49. The molecular formula is C20H15ClF5NO3S2. The van der Waals surface area contributed by atoms with Gasteiger partial charge in [0.15, 0.2) is 0 Å². The highest BCUT2D eigenvalue weighted by Crippen LogP contribution is 3.02. The lowest BCUT2D eigenvalue weighted by atomic mass is 9.56. The van der Waals surface area contributed by atoms with Crippen LogP contribution in [0.3, 0.4) is 0 Å². The molecule has 1 unspecified atom stereocenters. The standard InChI is InChI=1S/C20H15ClF5NO3S2/c21-15-8-12(32(22,23,24,25)26)2-4-16(15)30-11-1-3-13-14(7-11)9-5-10(6-9)17(13)18-19(28)27-20(29)31-18/h1-4,7-10,17-18H,5-6H2,(H,27,28,29)/t9?,10?,17-,18?/m1/s1. The zero-order valence-electron chi connectivity index (χ0n) is 16.0. The van der Waals surface area contributed by atoms with Crippen molar-refractivity contribution in [3.63, 3.8) is 0 Å². The van der Waals surface area contributed by atoms with Crippen LogP contribution in [0.5, 0.6) is 11.5 Å². The average Bonchev–Trinajstić information content (AvgIpc) is 2.97. The normalized spacial score (nSPS) is 28.8. The molecule has 32 heavy (non-hydrogen) atoms. The molecule has 1 aliphatic heterocycles. The van der Waals surface area contributed by atoms with Gasteiger partial charge in [-0.3, -0.25) is 14.9 Å². The molecule has 2 bridgehead atoms. The molecule has 12 heteroatoms. The van der Waals surface area contributed by atoms with Gasteiger partial charge in [-0.25, -0.2) is 0 Å². The van der Waals surface area contributed by atoms with Crippen LogP contribution in [0.25, 0.3) is 0 Å². The maximum absolute atomic E-state index is 13.0. The van der Waals surface area contributed by atoms with Crippen LogP contribution in [0.4, 0.5) is 24.2 Å². The first kappa shape index (κ1) is 21.8. The number of hydrogen-bond acceptors (Lipinski definition) is 4. The van der Waals surface area contributed by atoms with Crippen molar-refractivity contribution in [1.82, 2.24) is 5.32 Å². The van der Waals surface area contributed by atoms with Crippen LogP contribution in [0.15, 0.2) is 41.3 Å². The third-order valence-corrected chi connectivity index (χ3v) is 8.68. The second-order valence-electron chi connectivity index (χ2n) is 8.22. The number of ether oxygens (including phenoxy) is 1. The second-order valence-corrected chi connectivity index (χ2v) is 12.2. The molecule has 2 aromatic carbocycles. The molecule has 2 atom stereocenters. The Bertz CT molecular complexity index is 1180. The topological polar surface area (TPSA) is 55.4 Å². The number of thioether (sulfide) groups is 1. The maximum Gasteiger partial charge on any atom is 0.310 e. The monoisotopic (exact) mass is 511 g/mol. The van der Waals surface area contributed by atoms with E-state index in [1.54, 1.807) is 18.2 Å². The van der Waals surface area contributed by atoms with Gasteiger partial charge >= 0.3 is 10.2 Å². The van der Waals surface area contributed by atoms with E-state index in [0.717, 1.165) is 41.8 Å². The molecule has 1 N–H and O–H groups in total. The minimum atomic E-state index is -9.85. The molecule has 2 amide bonds. The van der Waals surface area contributed by atoms with Gasteiger partial charge in [-0.2, -0.15) is 0 Å². The zero-order chi connectivity index (χ0) is 23.1. The summed E-state index contributed by atoms with van der Waals surface area (Å²) >= 11 is 6.79. The summed E-state index contributed by atoms with van der Waals surface area (Å²) in [6.45, 7) is 0. The van der Waals surface area contributed by atoms with Crippen LogP contribution >= 0.6 is 33.6 Å². The number of benzene rings is 2. The summed E-state index contributed by atoms with van der Waals surface area (Å²) in [5, 5.41) is 0.854. The van der Waals surface area contributed by atoms with Crippen molar-refractivity contribution in [3.8, 4) is 11.5 Å². The van der Waals surface area contributed by atoms with Crippen LogP contribution in [-0.4, -0.2) is 16.4 Å². The minimum absolute atomic E-state index is 0.124. The maximum atomic E-state index is 13.0. The summed E-state index contributed by atoms with van der Waals surface area (Å²) in [4.78, 5) is 21.8. The molecule has 1 saturated carbocycles. The third-order valence-electron chi connectivity index (χ3n) is 6.16. The molecule has 4 aliphatic rings. The molecule has 0 radical (unpaired) electrons. The number of imide groups is 1. The van der Waals surface area contributed by atoms with Crippen molar-refractivity contribution in [2.24, 2.45) is 5.92 Å². The highest BCUT2D eigenvalue weighted by Gasteiger charge is 2.65. The number of amides is 2. The average molecular weight is 512 g/mol. The van der Waals surface area contributed by atoms with Crippen LogP contribution in [0.1, 0.15) is 35.8 Å². The number of rotatable bonds is 4. The van der Waals surface area contributed by atoms with E-state index in [-0.39, 0.29) is 46.6 Å². The Labute approximate surface area is 188 Å². The Balaban J connectivity index is 1.44. The van der Waals surface area contributed by atoms with E-state index >= 15 is 0 Å². The SMILES string of the molecule is O=C1NC(=O)C([C@H]2c3ccc(Oc4ccc(S(F)(F)(F)(F)F)cc4Cl)cc3C3CC2C3)S1. The fraction of sp³-hybridized carbons (Fsp3) is 0.300. The molecule has 172 valence electrons. The first-order valence-corrected chi connectivity index (χ1v) is 12.8. The summed E-state index contributed by atoms with van der Waals surface area (Å²) in [7, 11) is -9.85. The van der Waals surface area contributed by atoms with Crippen LogP contribution in [-0.2, 0) is 4.79 Å². The first-order valence-electron chi connectivity index (χ1n) is 9.56. The zero-order valence-corrected chi connectivity index (χ0v) is 18.4. The summed E-state index contributed by atoms with van der Waals surface area (Å²) in [6.07, 6.45) is 1.72. The Hall–Kier alpha value is -1.98. The van der Waals surface area contributed by atoms with Crippen molar-refractivity contribution < 1.29 is 33.8 Å². The fourth-order valence-electron chi connectivity index (χ4n) is 4.68. The van der Waals surface area contributed by atoms with E-state index in [2.05, 4.69) is 5.32 Å². The van der Waals surface area contributed by atoms with Crippen molar-refractivity contribution >= 4 is 44.7 Å². The quantitative estimate of drug-likeness (QED) is 0.427.